The minimum Gasteiger partial charge on any atom is -0.505 e. The van der Waals surface area contributed by atoms with Crippen LogP contribution in [0.3, 0.4) is 0 Å². The van der Waals surface area contributed by atoms with Crippen molar-refractivity contribution in [2.75, 3.05) is 6.54 Å². The molecular weight excluding hydrogens is 288 g/mol. The summed E-state index contributed by atoms with van der Waals surface area (Å²) in [6, 6.07) is 11.5. The van der Waals surface area contributed by atoms with E-state index in [-0.39, 0.29) is 17.4 Å². The number of carbonyl (C=O) groups excluding carboxylic acids is 1. The van der Waals surface area contributed by atoms with Crippen LogP contribution in [-0.4, -0.2) is 22.5 Å². The first-order valence-electron chi connectivity index (χ1n) is 7.87. The van der Waals surface area contributed by atoms with Crippen LogP contribution in [0.15, 0.2) is 43.0 Å². The van der Waals surface area contributed by atoms with Gasteiger partial charge in [-0.15, -0.1) is 0 Å². The Morgan fingerprint density at radius 1 is 1.35 bits per heavy atom. The standard InChI is InChI=1S/C19H20N2O2/c1-2-15-10-11-17(22)18(21-15)19(23)20-12-14-8-5-7-13-6-3-4-9-16(13)14/h2-4,6,9-11,14,22H,1,5,7-8,12H2,(H,20,23). The average molecular weight is 308 g/mol. The van der Waals surface area contributed by atoms with Crippen molar-refractivity contribution in [1.29, 1.82) is 0 Å². The van der Waals surface area contributed by atoms with Gasteiger partial charge in [0, 0.05) is 12.5 Å². The molecule has 3 rings (SSSR count). The van der Waals surface area contributed by atoms with Crippen molar-refractivity contribution in [3.05, 3.63) is 65.5 Å². The number of benzene rings is 1. The highest BCUT2D eigenvalue weighted by Gasteiger charge is 2.21. The van der Waals surface area contributed by atoms with Gasteiger partial charge in [-0.25, -0.2) is 4.98 Å². The van der Waals surface area contributed by atoms with Crippen LogP contribution in [0.2, 0.25) is 0 Å². The van der Waals surface area contributed by atoms with E-state index in [1.54, 1.807) is 12.1 Å². The van der Waals surface area contributed by atoms with Gasteiger partial charge in [0.15, 0.2) is 5.69 Å². The van der Waals surface area contributed by atoms with E-state index in [1.807, 2.05) is 6.07 Å². The second kappa shape index (κ2) is 6.65. The van der Waals surface area contributed by atoms with E-state index in [0.29, 0.717) is 18.2 Å². The number of carbonyl (C=O) groups is 1. The molecule has 1 aromatic heterocycles. The van der Waals surface area contributed by atoms with Crippen LogP contribution in [0.1, 0.15) is 46.1 Å². The highest BCUT2D eigenvalue weighted by atomic mass is 16.3. The Morgan fingerprint density at radius 3 is 3.00 bits per heavy atom. The topological polar surface area (TPSA) is 62.2 Å². The Morgan fingerprint density at radius 2 is 2.17 bits per heavy atom. The Balaban J connectivity index is 1.72. The Bertz CT molecular complexity index is 740. The van der Waals surface area contributed by atoms with Crippen LogP contribution in [0, 0.1) is 0 Å². The van der Waals surface area contributed by atoms with Crippen molar-refractivity contribution in [2.24, 2.45) is 0 Å². The van der Waals surface area contributed by atoms with Crippen LogP contribution in [-0.2, 0) is 6.42 Å². The molecule has 0 fully saturated rings. The average Bonchev–Trinajstić information content (AvgIpc) is 2.60. The molecular formula is C19H20N2O2. The summed E-state index contributed by atoms with van der Waals surface area (Å²) in [4.78, 5) is 16.4. The third-order valence-corrected chi connectivity index (χ3v) is 4.32. The van der Waals surface area contributed by atoms with Gasteiger partial charge in [0.1, 0.15) is 5.75 Å². The molecule has 23 heavy (non-hydrogen) atoms. The van der Waals surface area contributed by atoms with Crippen LogP contribution in [0.5, 0.6) is 5.75 Å². The van der Waals surface area contributed by atoms with Crippen molar-refractivity contribution in [2.45, 2.75) is 25.2 Å². The molecule has 0 radical (unpaired) electrons. The molecule has 0 saturated carbocycles. The van der Waals surface area contributed by atoms with E-state index in [4.69, 9.17) is 0 Å². The minimum atomic E-state index is -0.353. The number of fused-ring (bicyclic) bond motifs is 1. The Hall–Kier alpha value is -2.62. The van der Waals surface area contributed by atoms with Crippen molar-refractivity contribution >= 4 is 12.0 Å². The van der Waals surface area contributed by atoms with Crippen molar-refractivity contribution < 1.29 is 9.90 Å². The quantitative estimate of drug-likeness (QED) is 0.911. The molecule has 118 valence electrons. The summed E-state index contributed by atoms with van der Waals surface area (Å²) in [5.74, 6) is -0.153. The number of pyridine rings is 1. The molecule has 1 aliphatic carbocycles. The number of amides is 1. The lowest BCUT2D eigenvalue weighted by molar-refractivity contribution is 0.0942. The van der Waals surface area contributed by atoms with Gasteiger partial charge in [0.2, 0.25) is 0 Å². The molecule has 4 nitrogen and oxygen atoms in total. The predicted octanol–water partition coefficient (Wildman–Crippen LogP) is 3.28. The van der Waals surface area contributed by atoms with E-state index in [2.05, 4.69) is 35.1 Å². The summed E-state index contributed by atoms with van der Waals surface area (Å²) in [6.07, 6.45) is 4.84. The second-order valence-corrected chi connectivity index (χ2v) is 5.81. The third kappa shape index (κ3) is 3.26. The van der Waals surface area contributed by atoms with E-state index < -0.39 is 0 Å². The van der Waals surface area contributed by atoms with Gasteiger partial charge in [-0.1, -0.05) is 30.8 Å². The summed E-state index contributed by atoms with van der Waals surface area (Å²) in [7, 11) is 0. The predicted molar refractivity (Wildman–Crippen MR) is 90.4 cm³/mol. The van der Waals surface area contributed by atoms with Gasteiger partial charge >= 0.3 is 0 Å². The fourth-order valence-corrected chi connectivity index (χ4v) is 3.11. The fraction of sp³-hybridized carbons (Fsp3) is 0.263. The highest BCUT2D eigenvalue weighted by Crippen LogP contribution is 2.30. The van der Waals surface area contributed by atoms with E-state index in [1.165, 1.54) is 17.2 Å². The monoisotopic (exact) mass is 308 g/mol. The summed E-state index contributed by atoms with van der Waals surface area (Å²) in [5, 5.41) is 12.7. The number of hydrogen-bond acceptors (Lipinski definition) is 3. The maximum Gasteiger partial charge on any atom is 0.273 e. The number of aryl methyl sites for hydroxylation is 1. The number of nitrogens with zero attached hydrogens (tertiary/aromatic N) is 1. The summed E-state index contributed by atoms with van der Waals surface area (Å²) >= 11 is 0. The fourth-order valence-electron chi connectivity index (χ4n) is 3.11. The first kappa shape index (κ1) is 15.3. The first-order chi connectivity index (χ1) is 11.2. The number of hydrogen-bond donors (Lipinski definition) is 2. The van der Waals surface area contributed by atoms with Gasteiger partial charge in [0.05, 0.1) is 5.69 Å². The second-order valence-electron chi connectivity index (χ2n) is 5.81. The lowest BCUT2D eigenvalue weighted by Gasteiger charge is -2.25. The number of aromatic nitrogens is 1. The Labute approximate surface area is 135 Å². The summed E-state index contributed by atoms with van der Waals surface area (Å²) in [6.45, 7) is 4.18. The van der Waals surface area contributed by atoms with Crippen molar-refractivity contribution in [1.82, 2.24) is 10.3 Å². The molecule has 1 amide bonds. The van der Waals surface area contributed by atoms with Crippen LogP contribution < -0.4 is 5.32 Å². The minimum absolute atomic E-state index is 0.0477. The SMILES string of the molecule is C=Cc1ccc(O)c(C(=O)NCC2CCCc3ccccc32)n1. The molecule has 1 aliphatic rings. The zero-order valence-electron chi connectivity index (χ0n) is 13.0. The zero-order chi connectivity index (χ0) is 16.2. The summed E-state index contributed by atoms with van der Waals surface area (Å²) < 4.78 is 0. The molecule has 2 aromatic rings. The van der Waals surface area contributed by atoms with Gasteiger partial charge < -0.3 is 10.4 Å². The van der Waals surface area contributed by atoms with Crippen molar-refractivity contribution in [3.63, 3.8) is 0 Å². The van der Waals surface area contributed by atoms with Crippen LogP contribution in [0.25, 0.3) is 6.08 Å². The molecule has 1 atom stereocenters. The summed E-state index contributed by atoms with van der Waals surface area (Å²) in [5.41, 5.74) is 3.30. The maximum atomic E-state index is 12.3. The molecule has 2 N–H and O–H groups in total. The highest BCUT2D eigenvalue weighted by molar-refractivity contribution is 5.95. The zero-order valence-corrected chi connectivity index (χ0v) is 13.0. The Kier molecular flexibility index (Phi) is 4.42. The number of rotatable bonds is 4. The molecule has 1 aromatic carbocycles. The van der Waals surface area contributed by atoms with Crippen LogP contribution in [0.4, 0.5) is 0 Å². The normalized spacial score (nSPS) is 16.4. The van der Waals surface area contributed by atoms with Gasteiger partial charge in [-0.3, -0.25) is 4.79 Å². The smallest absolute Gasteiger partial charge is 0.273 e. The van der Waals surface area contributed by atoms with Gasteiger partial charge in [-0.2, -0.15) is 0 Å². The van der Waals surface area contributed by atoms with Gasteiger partial charge in [0.25, 0.3) is 5.91 Å². The molecule has 1 unspecified atom stereocenters. The first-order valence-corrected chi connectivity index (χ1v) is 7.87. The van der Waals surface area contributed by atoms with Crippen LogP contribution >= 0.6 is 0 Å². The van der Waals surface area contributed by atoms with Crippen molar-refractivity contribution in [3.8, 4) is 5.75 Å². The molecule has 4 heteroatoms. The molecule has 0 spiro atoms. The molecule has 0 aliphatic heterocycles. The number of nitrogens with one attached hydrogen (secondary N) is 1. The van der Waals surface area contributed by atoms with Gasteiger partial charge in [-0.05, 0) is 48.6 Å². The lowest BCUT2D eigenvalue weighted by Crippen LogP contribution is -2.30. The maximum absolute atomic E-state index is 12.3. The molecule has 0 bridgehead atoms. The van der Waals surface area contributed by atoms with E-state index in [9.17, 15) is 9.90 Å². The molecule has 0 saturated heterocycles. The lowest BCUT2D eigenvalue weighted by atomic mass is 9.83. The molecule has 1 heterocycles. The largest absolute Gasteiger partial charge is 0.505 e. The van der Waals surface area contributed by atoms with E-state index in [0.717, 1.165) is 19.3 Å². The number of aromatic hydroxyl groups is 1. The third-order valence-electron chi connectivity index (χ3n) is 4.32. The van der Waals surface area contributed by atoms with E-state index >= 15 is 0 Å².